The van der Waals surface area contributed by atoms with Crippen molar-refractivity contribution in [1.82, 2.24) is 10.2 Å². The van der Waals surface area contributed by atoms with Gasteiger partial charge in [0.05, 0.1) is 0 Å². The molecule has 0 radical (unpaired) electrons. The van der Waals surface area contributed by atoms with Crippen LogP contribution < -0.4 is 11.1 Å². The highest BCUT2D eigenvalue weighted by Crippen LogP contribution is 2.55. The summed E-state index contributed by atoms with van der Waals surface area (Å²) in [6.45, 7) is 6.15. The van der Waals surface area contributed by atoms with Crippen molar-refractivity contribution in [2.45, 2.75) is 58.4 Å². The number of halogens is 1. The van der Waals surface area contributed by atoms with Crippen LogP contribution in [0.3, 0.4) is 0 Å². The first-order chi connectivity index (χ1) is 10.0. The molecule has 22 heavy (non-hydrogen) atoms. The Morgan fingerprint density at radius 3 is 2.68 bits per heavy atom. The van der Waals surface area contributed by atoms with Gasteiger partial charge in [0.25, 0.3) is 0 Å². The molecule has 0 bridgehead atoms. The van der Waals surface area contributed by atoms with Crippen molar-refractivity contribution >= 4 is 24.2 Å². The van der Waals surface area contributed by atoms with Crippen molar-refractivity contribution in [3.05, 3.63) is 0 Å². The second-order valence-corrected chi connectivity index (χ2v) is 6.79. The number of piperidine rings is 1. The second-order valence-electron chi connectivity index (χ2n) is 6.79. The third-order valence-electron chi connectivity index (χ3n) is 5.27. The number of carbonyl (C=O) groups is 2. The van der Waals surface area contributed by atoms with Crippen molar-refractivity contribution in [3.63, 3.8) is 0 Å². The maximum absolute atomic E-state index is 12.7. The fourth-order valence-electron chi connectivity index (χ4n) is 3.34. The third-order valence-corrected chi connectivity index (χ3v) is 5.27. The molecule has 1 aliphatic heterocycles. The molecule has 1 saturated heterocycles. The van der Waals surface area contributed by atoms with Gasteiger partial charge >= 0.3 is 0 Å². The molecule has 3 N–H and O–H groups in total. The molecular weight excluding hydrogens is 302 g/mol. The normalized spacial score (nSPS) is 30.4. The molecule has 0 spiro atoms. The van der Waals surface area contributed by atoms with E-state index in [9.17, 15) is 9.59 Å². The number of likely N-dealkylation sites (tertiary alicyclic amines) is 1. The third kappa shape index (κ3) is 4.35. The van der Waals surface area contributed by atoms with E-state index in [1.807, 2.05) is 4.90 Å². The highest BCUT2D eigenvalue weighted by Gasteiger charge is 2.54. The maximum Gasteiger partial charge on any atom is 0.226 e. The van der Waals surface area contributed by atoms with Crippen LogP contribution in [0.5, 0.6) is 0 Å². The van der Waals surface area contributed by atoms with Gasteiger partial charge < -0.3 is 16.0 Å². The Morgan fingerprint density at radius 1 is 1.36 bits per heavy atom. The molecule has 2 aliphatic rings. The quantitative estimate of drug-likeness (QED) is 0.777. The highest BCUT2D eigenvalue weighted by atomic mass is 35.5. The molecular formula is C16H30ClN3O2. The Labute approximate surface area is 139 Å². The van der Waals surface area contributed by atoms with E-state index in [0.717, 1.165) is 38.6 Å². The van der Waals surface area contributed by atoms with E-state index in [1.165, 1.54) is 0 Å². The largest absolute Gasteiger partial charge is 0.354 e. The second kappa shape index (κ2) is 8.16. The predicted octanol–water partition coefficient (Wildman–Crippen LogP) is 1.69. The number of amides is 2. The topological polar surface area (TPSA) is 75.4 Å². The van der Waals surface area contributed by atoms with Crippen molar-refractivity contribution in [2.75, 3.05) is 19.6 Å². The predicted molar refractivity (Wildman–Crippen MR) is 89.8 cm³/mol. The summed E-state index contributed by atoms with van der Waals surface area (Å²) in [6, 6.07) is 0.162. The molecule has 3 unspecified atom stereocenters. The number of rotatable bonds is 6. The van der Waals surface area contributed by atoms with Crippen LogP contribution in [0.25, 0.3) is 0 Å². The molecule has 128 valence electrons. The Balaban J connectivity index is 0.00000242. The monoisotopic (exact) mass is 331 g/mol. The molecule has 0 aromatic heterocycles. The molecule has 6 heteroatoms. The van der Waals surface area contributed by atoms with E-state index in [0.29, 0.717) is 25.4 Å². The summed E-state index contributed by atoms with van der Waals surface area (Å²) >= 11 is 0. The van der Waals surface area contributed by atoms with E-state index in [-0.39, 0.29) is 35.7 Å². The lowest BCUT2D eigenvalue weighted by molar-refractivity contribution is -0.137. The van der Waals surface area contributed by atoms with Gasteiger partial charge in [0.1, 0.15) is 0 Å². The SMILES string of the molecule is CCC1(C)CC1C(=O)N1CCCCC1CNC(=O)CCN.Cl. The standard InChI is InChI=1S/C16H29N3O2.ClH/c1-3-16(2)10-13(16)15(21)19-9-5-4-6-12(19)11-18-14(20)7-8-17;/h12-13H,3-11,17H2,1-2H3,(H,18,20);1H. The fourth-order valence-corrected chi connectivity index (χ4v) is 3.34. The average Bonchev–Trinajstić information content (AvgIpc) is 3.18. The van der Waals surface area contributed by atoms with Gasteiger partial charge in [-0.1, -0.05) is 13.8 Å². The summed E-state index contributed by atoms with van der Waals surface area (Å²) in [4.78, 5) is 26.3. The molecule has 0 aromatic carbocycles. The van der Waals surface area contributed by atoms with Gasteiger partial charge in [-0.05, 0) is 37.5 Å². The van der Waals surface area contributed by atoms with Gasteiger partial charge in [0.2, 0.25) is 11.8 Å². The molecule has 3 atom stereocenters. The molecule has 2 rings (SSSR count). The number of nitrogens with one attached hydrogen (secondary N) is 1. The van der Waals surface area contributed by atoms with Crippen molar-refractivity contribution in [1.29, 1.82) is 0 Å². The number of carbonyl (C=O) groups excluding carboxylic acids is 2. The Morgan fingerprint density at radius 2 is 2.09 bits per heavy atom. The fraction of sp³-hybridized carbons (Fsp3) is 0.875. The first-order valence-electron chi connectivity index (χ1n) is 8.29. The number of hydrogen-bond donors (Lipinski definition) is 2. The first kappa shape index (κ1) is 19.2. The van der Waals surface area contributed by atoms with Gasteiger partial charge in [-0.3, -0.25) is 9.59 Å². The molecule has 2 fully saturated rings. The Bertz CT molecular complexity index is 405. The van der Waals surface area contributed by atoms with Crippen LogP contribution in [-0.2, 0) is 9.59 Å². The van der Waals surface area contributed by atoms with Gasteiger partial charge in [0.15, 0.2) is 0 Å². The zero-order chi connectivity index (χ0) is 15.5. The van der Waals surface area contributed by atoms with Gasteiger partial charge in [-0.2, -0.15) is 0 Å². The molecule has 2 amide bonds. The summed E-state index contributed by atoms with van der Waals surface area (Å²) in [5.74, 6) is 0.486. The lowest BCUT2D eigenvalue weighted by atomic mass is 9.98. The van der Waals surface area contributed by atoms with Crippen LogP contribution >= 0.6 is 12.4 Å². The number of nitrogens with zero attached hydrogens (tertiary/aromatic N) is 1. The van der Waals surface area contributed by atoms with Crippen LogP contribution in [0.4, 0.5) is 0 Å². The van der Waals surface area contributed by atoms with Crippen molar-refractivity contribution < 1.29 is 9.59 Å². The van der Waals surface area contributed by atoms with Crippen LogP contribution in [-0.4, -0.2) is 42.4 Å². The Kier molecular flexibility index (Phi) is 7.13. The summed E-state index contributed by atoms with van der Waals surface area (Å²) in [7, 11) is 0. The lowest BCUT2D eigenvalue weighted by Gasteiger charge is -2.36. The molecule has 0 aromatic rings. The Hall–Kier alpha value is -0.810. The van der Waals surface area contributed by atoms with Crippen LogP contribution in [0, 0.1) is 11.3 Å². The van der Waals surface area contributed by atoms with Crippen molar-refractivity contribution in [2.24, 2.45) is 17.1 Å². The van der Waals surface area contributed by atoms with Gasteiger partial charge in [-0.25, -0.2) is 0 Å². The minimum Gasteiger partial charge on any atom is -0.354 e. The lowest BCUT2D eigenvalue weighted by Crippen LogP contribution is -2.50. The van der Waals surface area contributed by atoms with Crippen LogP contribution in [0.1, 0.15) is 52.4 Å². The van der Waals surface area contributed by atoms with E-state index in [1.54, 1.807) is 0 Å². The van der Waals surface area contributed by atoms with Crippen molar-refractivity contribution in [3.8, 4) is 0 Å². The summed E-state index contributed by atoms with van der Waals surface area (Å²) < 4.78 is 0. The van der Waals surface area contributed by atoms with Gasteiger partial charge in [0, 0.05) is 38.0 Å². The number of hydrogen-bond acceptors (Lipinski definition) is 3. The van der Waals surface area contributed by atoms with E-state index < -0.39 is 0 Å². The molecule has 1 heterocycles. The number of nitrogens with two attached hydrogens (primary N) is 1. The zero-order valence-electron chi connectivity index (χ0n) is 13.8. The van der Waals surface area contributed by atoms with E-state index in [4.69, 9.17) is 5.73 Å². The molecule has 1 aliphatic carbocycles. The molecule has 5 nitrogen and oxygen atoms in total. The minimum absolute atomic E-state index is 0. The summed E-state index contributed by atoms with van der Waals surface area (Å²) in [5.41, 5.74) is 5.59. The van der Waals surface area contributed by atoms with Crippen LogP contribution in [0.2, 0.25) is 0 Å². The minimum atomic E-state index is -0.0136. The van der Waals surface area contributed by atoms with E-state index in [2.05, 4.69) is 19.2 Å². The average molecular weight is 332 g/mol. The first-order valence-corrected chi connectivity index (χ1v) is 8.29. The molecule has 1 saturated carbocycles. The summed E-state index contributed by atoms with van der Waals surface area (Å²) in [6.07, 6.45) is 5.65. The maximum atomic E-state index is 12.7. The zero-order valence-corrected chi connectivity index (χ0v) is 14.6. The van der Waals surface area contributed by atoms with Gasteiger partial charge in [-0.15, -0.1) is 12.4 Å². The highest BCUT2D eigenvalue weighted by molar-refractivity contribution is 5.85. The van der Waals surface area contributed by atoms with Crippen LogP contribution in [0.15, 0.2) is 0 Å². The smallest absolute Gasteiger partial charge is 0.226 e. The summed E-state index contributed by atoms with van der Waals surface area (Å²) in [5, 5.41) is 2.92. The van der Waals surface area contributed by atoms with E-state index >= 15 is 0 Å².